The monoisotopic (exact) mass is 311 g/mol. The second kappa shape index (κ2) is 6.63. The van der Waals surface area contributed by atoms with E-state index in [0.717, 1.165) is 15.5 Å². The molecule has 0 saturated carbocycles. The quantitative estimate of drug-likeness (QED) is 0.906. The third-order valence-corrected chi connectivity index (χ3v) is 4.34. The van der Waals surface area contributed by atoms with E-state index in [-0.39, 0.29) is 0 Å². The van der Waals surface area contributed by atoms with E-state index >= 15 is 0 Å². The van der Waals surface area contributed by atoms with Crippen LogP contribution >= 0.6 is 22.9 Å². The second-order valence-corrected chi connectivity index (χ2v) is 5.43. The van der Waals surface area contributed by atoms with Crippen molar-refractivity contribution in [3.63, 3.8) is 0 Å². The van der Waals surface area contributed by atoms with Crippen LogP contribution in [0.2, 0.25) is 5.02 Å². The first-order valence-corrected chi connectivity index (χ1v) is 7.16. The molecule has 0 aliphatic heterocycles. The lowest BCUT2D eigenvalue weighted by Gasteiger charge is -2.07. The largest absolute Gasteiger partial charge is 0.488 e. The number of carbonyl (C=O) groups excluding carboxylic acids is 1. The molecule has 1 heterocycles. The molecule has 0 atom stereocenters. The minimum absolute atomic E-state index is 0.432. The smallest absolute Gasteiger partial charge is 0.411 e. The van der Waals surface area contributed by atoms with E-state index < -0.39 is 6.09 Å². The Bertz CT molecular complexity index is 595. The van der Waals surface area contributed by atoms with Crippen LogP contribution in [0.4, 0.5) is 10.5 Å². The van der Waals surface area contributed by atoms with E-state index in [0.29, 0.717) is 18.0 Å². The SMILES string of the molecule is COC(=O)Nc1ccc(OCc2scc(C)c2Cl)cc1. The summed E-state index contributed by atoms with van der Waals surface area (Å²) in [4.78, 5) is 12.0. The van der Waals surface area contributed by atoms with Gasteiger partial charge < -0.3 is 9.47 Å². The van der Waals surface area contributed by atoms with E-state index in [1.807, 2.05) is 12.3 Å². The van der Waals surface area contributed by atoms with Gasteiger partial charge in [0.2, 0.25) is 0 Å². The summed E-state index contributed by atoms with van der Waals surface area (Å²) in [5.41, 5.74) is 1.71. The number of rotatable bonds is 4. The highest BCUT2D eigenvalue weighted by atomic mass is 35.5. The molecule has 0 radical (unpaired) electrons. The average molecular weight is 312 g/mol. The van der Waals surface area contributed by atoms with Crippen LogP contribution in [-0.2, 0) is 11.3 Å². The Labute approximate surface area is 126 Å². The number of nitrogens with one attached hydrogen (secondary N) is 1. The predicted molar refractivity (Wildman–Crippen MR) is 80.9 cm³/mol. The molecule has 106 valence electrons. The van der Waals surface area contributed by atoms with Crippen LogP contribution in [0.1, 0.15) is 10.4 Å². The fourth-order valence-corrected chi connectivity index (χ4v) is 2.67. The Morgan fingerprint density at radius 3 is 2.60 bits per heavy atom. The maximum Gasteiger partial charge on any atom is 0.411 e. The van der Waals surface area contributed by atoms with Gasteiger partial charge in [0.25, 0.3) is 0 Å². The Kier molecular flexibility index (Phi) is 4.87. The van der Waals surface area contributed by atoms with E-state index in [2.05, 4.69) is 10.1 Å². The van der Waals surface area contributed by atoms with Crippen LogP contribution in [0.3, 0.4) is 0 Å². The van der Waals surface area contributed by atoms with E-state index in [4.69, 9.17) is 16.3 Å². The Morgan fingerprint density at radius 2 is 2.05 bits per heavy atom. The van der Waals surface area contributed by atoms with Crippen LogP contribution in [0, 0.1) is 6.92 Å². The van der Waals surface area contributed by atoms with Crippen molar-refractivity contribution in [3.05, 3.63) is 45.1 Å². The third-order valence-electron chi connectivity index (χ3n) is 2.63. The fourth-order valence-electron chi connectivity index (χ4n) is 1.53. The molecule has 0 aliphatic carbocycles. The zero-order valence-corrected chi connectivity index (χ0v) is 12.7. The standard InChI is InChI=1S/C14H14ClNO3S/c1-9-8-20-12(13(9)15)7-19-11-5-3-10(4-6-11)16-14(17)18-2/h3-6,8H,7H2,1-2H3,(H,16,17). The van der Waals surface area contributed by atoms with Gasteiger partial charge in [0.1, 0.15) is 12.4 Å². The first-order valence-electron chi connectivity index (χ1n) is 5.90. The van der Waals surface area contributed by atoms with Gasteiger partial charge in [-0.3, -0.25) is 5.32 Å². The summed E-state index contributed by atoms with van der Waals surface area (Å²) in [5.74, 6) is 0.711. The van der Waals surface area contributed by atoms with E-state index in [9.17, 15) is 4.79 Å². The summed E-state index contributed by atoms with van der Waals surface area (Å²) < 4.78 is 10.2. The molecule has 4 nitrogen and oxygen atoms in total. The Morgan fingerprint density at radius 1 is 1.35 bits per heavy atom. The van der Waals surface area contributed by atoms with Gasteiger partial charge in [-0.1, -0.05) is 11.6 Å². The van der Waals surface area contributed by atoms with Gasteiger partial charge in [-0.2, -0.15) is 0 Å². The molecule has 2 aromatic rings. The summed E-state index contributed by atoms with van der Waals surface area (Å²) in [5, 5.41) is 5.34. The molecule has 1 N–H and O–H groups in total. The average Bonchev–Trinajstić information content (AvgIpc) is 2.78. The van der Waals surface area contributed by atoms with Gasteiger partial charge >= 0.3 is 6.09 Å². The van der Waals surface area contributed by atoms with Crippen LogP contribution in [0.15, 0.2) is 29.6 Å². The lowest BCUT2D eigenvalue weighted by atomic mass is 10.3. The van der Waals surface area contributed by atoms with Crippen molar-refractivity contribution < 1.29 is 14.3 Å². The third kappa shape index (κ3) is 3.65. The Balaban J connectivity index is 1.94. The van der Waals surface area contributed by atoms with Crippen LogP contribution < -0.4 is 10.1 Å². The molecule has 0 aliphatic rings. The number of carbonyl (C=O) groups is 1. The van der Waals surface area contributed by atoms with Gasteiger partial charge in [-0.25, -0.2) is 4.79 Å². The van der Waals surface area contributed by atoms with Crippen LogP contribution in [0.25, 0.3) is 0 Å². The minimum atomic E-state index is -0.500. The number of halogens is 1. The van der Waals surface area contributed by atoms with Crippen molar-refractivity contribution in [1.29, 1.82) is 0 Å². The highest BCUT2D eigenvalue weighted by Gasteiger charge is 2.07. The number of anilines is 1. The van der Waals surface area contributed by atoms with Gasteiger partial charge in [0.15, 0.2) is 0 Å². The minimum Gasteiger partial charge on any atom is -0.488 e. The second-order valence-electron chi connectivity index (χ2n) is 4.09. The van der Waals surface area contributed by atoms with E-state index in [1.165, 1.54) is 7.11 Å². The number of aryl methyl sites for hydroxylation is 1. The van der Waals surface area contributed by atoms with E-state index in [1.54, 1.807) is 35.6 Å². The normalized spacial score (nSPS) is 10.2. The molecular formula is C14H14ClNO3S. The molecule has 0 fully saturated rings. The topological polar surface area (TPSA) is 47.6 Å². The summed E-state index contributed by atoms with van der Waals surface area (Å²) in [6, 6.07) is 7.04. The van der Waals surface area contributed by atoms with Crippen molar-refractivity contribution in [2.75, 3.05) is 12.4 Å². The van der Waals surface area contributed by atoms with Crippen molar-refractivity contribution in [1.82, 2.24) is 0 Å². The lowest BCUT2D eigenvalue weighted by Crippen LogP contribution is -2.10. The molecule has 1 amide bonds. The van der Waals surface area contributed by atoms with Gasteiger partial charge in [0.05, 0.1) is 17.0 Å². The van der Waals surface area contributed by atoms with Crippen LogP contribution in [-0.4, -0.2) is 13.2 Å². The highest BCUT2D eigenvalue weighted by Crippen LogP contribution is 2.28. The van der Waals surface area contributed by atoms with Gasteiger partial charge in [0, 0.05) is 5.69 Å². The molecule has 1 aromatic carbocycles. The van der Waals surface area contributed by atoms with Gasteiger partial charge in [-0.05, 0) is 42.1 Å². The molecule has 0 saturated heterocycles. The van der Waals surface area contributed by atoms with Crippen LogP contribution in [0.5, 0.6) is 5.75 Å². The molecule has 0 bridgehead atoms. The van der Waals surface area contributed by atoms with Crippen molar-refractivity contribution >= 4 is 34.7 Å². The zero-order valence-electron chi connectivity index (χ0n) is 11.1. The molecule has 0 spiro atoms. The fraction of sp³-hybridized carbons (Fsp3) is 0.214. The molecule has 1 aromatic heterocycles. The lowest BCUT2D eigenvalue weighted by molar-refractivity contribution is 0.187. The number of hydrogen-bond acceptors (Lipinski definition) is 4. The first kappa shape index (κ1) is 14.7. The first-order chi connectivity index (χ1) is 9.60. The summed E-state index contributed by atoms with van der Waals surface area (Å²) in [6.45, 7) is 2.40. The number of ether oxygens (including phenoxy) is 2. The molecule has 0 unspecified atom stereocenters. The maximum absolute atomic E-state index is 11.0. The van der Waals surface area contributed by atoms with Crippen molar-refractivity contribution in [2.24, 2.45) is 0 Å². The molecule has 6 heteroatoms. The molecule has 2 rings (SSSR count). The van der Waals surface area contributed by atoms with Crippen molar-refractivity contribution in [2.45, 2.75) is 13.5 Å². The number of thiophene rings is 1. The summed E-state index contributed by atoms with van der Waals surface area (Å²) in [7, 11) is 1.32. The number of benzene rings is 1. The summed E-state index contributed by atoms with van der Waals surface area (Å²) >= 11 is 7.72. The number of methoxy groups -OCH3 is 1. The molecular weight excluding hydrogens is 298 g/mol. The molecule has 20 heavy (non-hydrogen) atoms. The zero-order chi connectivity index (χ0) is 14.5. The number of amides is 1. The number of hydrogen-bond donors (Lipinski definition) is 1. The highest BCUT2D eigenvalue weighted by molar-refractivity contribution is 7.10. The Hall–Kier alpha value is -1.72. The maximum atomic E-state index is 11.0. The summed E-state index contributed by atoms with van der Waals surface area (Å²) in [6.07, 6.45) is -0.500. The predicted octanol–water partition coefficient (Wildman–Crippen LogP) is 4.47. The van der Waals surface area contributed by atoms with Gasteiger partial charge in [-0.15, -0.1) is 11.3 Å². The van der Waals surface area contributed by atoms with Crippen molar-refractivity contribution in [3.8, 4) is 5.75 Å².